The van der Waals surface area contributed by atoms with Crippen molar-refractivity contribution in [3.8, 4) is 0 Å². The average Bonchev–Trinajstić information content (AvgIpc) is 3.60. The summed E-state index contributed by atoms with van der Waals surface area (Å²) < 4.78 is 19.3. The summed E-state index contributed by atoms with van der Waals surface area (Å²) in [5, 5.41) is 11.8. The number of fused-ring (bicyclic) bond motifs is 3. The lowest BCUT2D eigenvalue weighted by atomic mass is 9.38. The predicted octanol–water partition coefficient (Wildman–Crippen LogP) is 6.79. The molecule has 9 heteroatoms. The first-order valence-electron chi connectivity index (χ1n) is 18.7. The van der Waals surface area contributed by atoms with Crippen LogP contribution in [-0.4, -0.2) is 71.7 Å². The number of rotatable bonds is 6. The van der Waals surface area contributed by atoms with Gasteiger partial charge in [0.1, 0.15) is 18.2 Å². The Labute approximate surface area is 279 Å². The van der Waals surface area contributed by atoms with Crippen LogP contribution in [0, 0.1) is 56.7 Å². The molecule has 9 nitrogen and oxygen atoms in total. The molecule has 6 aliphatic carbocycles. The third-order valence-corrected chi connectivity index (χ3v) is 15.9. The number of carbonyl (C=O) groups excluding carboxylic acids is 2. The van der Waals surface area contributed by atoms with Gasteiger partial charge in [-0.1, -0.05) is 46.8 Å². The lowest BCUT2D eigenvalue weighted by Crippen LogP contribution is -2.61. The van der Waals surface area contributed by atoms with E-state index in [-0.39, 0.29) is 52.7 Å². The molecule has 13 atom stereocenters. The number of nitrogens with one attached hydrogen (secondary N) is 1. The second-order valence-electron chi connectivity index (χ2n) is 18.1. The van der Waals surface area contributed by atoms with E-state index in [1.54, 1.807) is 0 Å². The van der Waals surface area contributed by atoms with Crippen LogP contribution in [0.1, 0.15) is 106 Å². The first kappa shape index (κ1) is 31.9. The molecule has 260 valence electrons. The zero-order chi connectivity index (χ0) is 33.3. The number of aliphatic carboxylic acids is 1. The number of carbonyl (C=O) groups is 3. The third-order valence-electron chi connectivity index (χ3n) is 15.9. The van der Waals surface area contributed by atoms with Crippen LogP contribution in [0.4, 0.5) is 9.59 Å². The number of carboxylic acids is 1. The van der Waals surface area contributed by atoms with E-state index in [1.807, 2.05) is 4.90 Å². The second-order valence-corrected chi connectivity index (χ2v) is 18.1. The van der Waals surface area contributed by atoms with Crippen molar-refractivity contribution in [1.29, 1.82) is 0 Å². The third kappa shape index (κ3) is 4.07. The minimum Gasteiger partial charge on any atom is -0.480 e. The number of likely N-dealkylation sites (tertiary alicyclic amines) is 1. The van der Waals surface area contributed by atoms with Gasteiger partial charge < -0.3 is 29.5 Å². The van der Waals surface area contributed by atoms with Gasteiger partial charge in [-0.25, -0.2) is 9.59 Å². The number of amides is 2. The number of ether oxygens (including phenoxy) is 3. The van der Waals surface area contributed by atoms with Crippen LogP contribution in [0.3, 0.4) is 0 Å². The molecule has 47 heavy (non-hydrogen) atoms. The monoisotopic (exact) mass is 652 g/mol. The molecule has 3 spiro atoms. The topological polar surface area (TPSA) is 114 Å². The molecule has 0 aromatic heterocycles. The summed E-state index contributed by atoms with van der Waals surface area (Å²) in [6.07, 6.45) is 15.2. The van der Waals surface area contributed by atoms with E-state index in [9.17, 15) is 19.5 Å². The van der Waals surface area contributed by atoms with Gasteiger partial charge in [0.2, 0.25) is 0 Å². The van der Waals surface area contributed by atoms with Crippen molar-refractivity contribution in [2.24, 2.45) is 56.7 Å². The van der Waals surface area contributed by atoms with Gasteiger partial charge in [0, 0.05) is 29.8 Å². The lowest BCUT2D eigenvalue weighted by Gasteiger charge is -2.65. The Kier molecular flexibility index (Phi) is 7.04. The highest BCUT2D eigenvalue weighted by molar-refractivity contribution is 5.79. The average molecular weight is 653 g/mol. The lowest BCUT2D eigenvalue weighted by molar-refractivity contribution is -0.161. The van der Waals surface area contributed by atoms with Crippen LogP contribution in [0.2, 0.25) is 0 Å². The van der Waals surface area contributed by atoms with Crippen molar-refractivity contribution in [3.63, 3.8) is 0 Å². The molecule has 2 saturated heterocycles. The Bertz CT molecular complexity index is 1380. The van der Waals surface area contributed by atoms with E-state index in [1.165, 1.54) is 32.6 Å². The molecule has 5 saturated carbocycles. The highest BCUT2D eigenvalue weighted by atomic mass is 16.6. The summed E-state index contributed by atoms with van der Waals surface area (Å²) in [6.45, 7) is 14.6. The summed E-state index contributed by atoms with van der Waals surface area (Å²) >= 11 is 0. The molecule has 0 radical (unpaired) electrons. The molecule has 8 aliphatic rings. The summed E-state index contributed by atoms with van der Waals surface area (Å²) in [5.74, 6) is 1.21. The molecule has 0 aromatic carbocycles. The number of alkyl carbamates (subject to hydrolysis) is 1. The zero-order valence-electron chi connectivity index (χ0n) is 29.3. The fourth-order valence-corrected chi connectivity index (χ4v) is 13.5. The maximum atomic E-state index is 12.9. The molecule has 2 amide bonds. The summed E-state index contributed by atoms with van der Waals surface area (Å²) in [7, 11) is 0. The Hall–Kier alpha value is -2.29. The van der Waals surface area contributed by atoms with Crippen LogP contribution in [-0.2, 0) is 19.0 Å². The Balaban J connectivity index is 1.01. The van der Waals surface area contributed by atoms with Crippen molar-refractivity contribution in [2.75, 3.05) is 13.1 Å². The van der Waals surface area contributed by atoms with Gasteiger partial charge in [0.05, 0.1) is 12.2 Å². The first-order chi connectivity index (χ1) is 22.2. The number of nitrogens with zero attached hydrogens (tertiary/aromatic N) is 1. The number of carboxylic acid groups (broad SMARTS) is 1. The quantitative estimate of drug-likeness (QED) is 0.304. The fourth-order valence-electron chi connectivity index (χ4n) is 13.5. The van der Waals surface area contributed by atoms with E-state index >= 15 is 0 Å². The van der Waals surface area contributed by atoms with E-state index in [0.29, 0.717) is 34.5 Å². The van der Waals surface area contributed by atoms with Gasteiger partial charge in [-0.2, -0.15) is 0 Å². The number of hydrogen-bond acceptors (Lipinski definition) is 6. The van der Waals surface area contributed by atoms with Crippen LogP contribution >= 0.6 is 0 Å². The van der Waals surface area contributed by atoms with Crippen LogP contribution in [0.25, 0.3) is 0 Å². The van der Waals surface area contributed by atoms with Gasteiger partial charge in [-0.05, 0) is 111 Å². The second kappa shape index (κ2) is 10.4. The van der Waals surface area contributed by atoms with Crippen molar-refractivity contribution >= 4 is 18.2 Å². The smallest absolute Gasteiger partial charge is 0.410 e. The van der Waals surface area contributed by atoms with Gasteiger partial charge in [0.25, 0.3) is 0 Å². The van der Waals surface area contributed by atoms with Gasteiger partial charge in [0.15, 0.2) is 0 Å². The minimum atomic E-state index is -1.06. The molecule has 2 aliphatic heterocycles. The van der Waals surface area contributed by atoms with Crippen molar-refractivity contribution in [2.45, 2.75) is 136 Å². The molecule has 0 bridgehead atoms. The van der Waals surface area contributed by atoms with E-state index in [0.717, 1.165) is 51.6 Å². The predicted molar refractivity (Wildman–Crippen MR) is 174 cm³/mol. The van der Waals surface area contributed by atoms with Crippen molar-refractivity contribution < 1.29 is 33.7 Å². The Morgan fingerprint density at radius 1 is 0.957 bits per heavy atom. The van der Waals surface area contributed by atoms with Gasteiger partial charge >= 0.3 is 18.2 Å². The highest BCUT2D eigenvalue weighted by Crippen LogP contribution is 2.91. The van der Waals surface area contributed by atoms with E-state index in [2.05, 4.69) is 52.1 Å². The fraction of sp³-hybridized carbons (Fsp3) is 0.868. The van der Waals surface area contributed by atoms with Crippen molar-refractivity contribution in [3.05, 3.63) is 12.2 Å². The largest absolute Gasteiger partial charge is 0.480 e. The molecule has 7 fully saturated rings. The molecule has 2 N–H and O–H groups in total. The van der Waals surface area contributed by atoms with Crippen LogP contribution < -0.4 is 5.32 Å². The molecular formula is C38H56N2O7. The van der Waals surface area contributed by atoms with Crippen molar-refractivity contribution in [1.82, 2.24) is 10.2 Å². The number of hydrogen-bond donors (Lipinski definition) is 2. The SMILES string of the molecule is CC(C)[C@@H](OC(=O)N1CCC1)C1CC[C@H]2C(O1)[C@@H]1C=C[C@@]13C1CC[C@H]4C(C)(C)[C@@H](OC(=O)N[C@@H](C)C(=O)O)CC[C@@]45C[C@@]15CC[C@]23C. The zero-order valence-corrected chi connectivity index (χ0v) is 29.3. The maximum Gasteiger partial charge on any atom is 0.410 e. The van der Waals surface area contributed by atoms with Gasteiger partial charge in [-0.3, -0.25) is 4.79 Å². The van der Waals surface area contributed by atoms with Crippen LogP contribution in [0.5, 0.6) is 0 Å². The maximum absolute atomic E-state index is 12.9. The molecule has 3 unspecified atom stereocenters. The van der Waals surface area contributed by atoms with Crippen LogP contribution in [0.15, 0.2) is 12.2 Å². The minimum absolute atomic E-state index is 0.0555. The summed E-state index contributed by atoms with van der Waals surface area (Å²) in [6, 6.07) is -0.979. The summed E-state index contributed by atoms with van der Waals surface area (Å²) in [5.41, 5.74) is 0.823. The molecular weight excluding hydrogens is 596 g/mol. The Morgan fingerprint density at radius 3 is 2.32 bits per heavy atom. The highest BCUT2D eigenvalue weighted by Gasteiger charge is 2.85. The number of allylic oxidation sites excluding steroid dienone is 1. The molecule has 0 aromatic rings. The Morgan fingerprint density at radius 2 is 1.68 bits per heavy atom. The standard InChI is InChI=1S/C38H56N2O7/c1-21(2)29(47-33(44)40-18-7-19-40)25-9-8-23-30(45-25)24-12-15-38(24)27-11-10-26-34(4,5)28(46-32(43)39-22(3)31(41)42)13-14-36(26)20-37(27,36)17-16-35(23,38)6/h12,15,21-30H,7-11,13-14,16-20H2,1-6H3,(H,39,43)(H,41,42)/t22-,23-,24-,25?,26-,27?,28-,29+,30?,35+,36+,37-,38-/m0/s1. The molecule has 2 heterocycles. The first-order valence-corrected chi connectivity index (χ1v) is 18.7. The van der Waals surface area contributed by atoms with E-state index in [4.69, 9.17) is 14.2 Å². The van der Waals surface area contributed by atoms with Gasteiger partial charge in [-0.15, -0.1) is 0 Å². The van der Waals surface area contributed by atoms with E-state index < -0.39 is 18.1 Å². The molecule has 8 rings (SSSR count). The normalized spacial score (nSPS) is 47.6. The summed E-state index contributed by atoms with van der Waals surface area (Å²) in [4.78, 5) is 38.7.